The fourth-order valence-corrected chi connectivity index (χ4v) is 6.95. The van der Waals surface area contributed by atoms with Crippen molar-refractivity contribution in [3.63, 3.8) is 0 Å². The normalized spacial score (nSPS) is 23.7. The summed E-state index contributed by atoms with van der Waals surface area (Å²) in [5, 5.41) is 45.2. The third-order valence-corrected chi connectivity index (χ3v) is 9.11. The minimum atomic E-state index is -2.63. The summed E-state index contributed by atoms with van der Waals surface area (Å²) in [6.45, 7) is 0.125. The van der Waals surface area contributed by atoms with Gasteiger partial charge in [0.05, 0.1) is 5.56 Å². The number of nitrogens with zero attached hydrogens (tertiary/aromatic N) is 1. The summed E-state index contributed by atoms with van der Waals surface area (Å²) in [6.07, 6.45) is 0.221. The number of hydrogen-bond donors (Lipinski definition) is 5. The van der Waals surface area contributed by atoms with Crippen LogP contribution in [0.4, 0.5) is 5.69 Å². The molecule has 230 valence electrons. The summed E-state index contributed by atoms with van der Waals surface area (Å²) in [6, 6.07) is 7.03. The molecule has 44 heavy (non-hydrogen) atoms. The standard InChI is InChI=1S/C32H32N2O10/c1-34(2)20-11-15(4-5-18(35)7-14-3-6-22-23(8-14)44-13-43-22)27(37)25-19(20)10-16-9-17-12-21(36)26(31(33)41)30(40)32(17,42)29(39)24(16)28(25)38/h3,6,8,11,16-17,37-38,40,42H,4-5,7,9-10,12-13H2,1-2H3,(H2,33,41)/t16-,17+,32+/m1/s1. The van der Waals surface area contributed by atoms with Crippen molar-refractivity contribution in [2.45, 2.75) is 44.1 Å². The Balaban J connectivity index is 1.34. The van der Waals surface area contributed by atoms with E-state index in [9.17, 15) is 39.6 Å². The zero-order valence-corrected chi connectivity index (χ0v) is 24.2. The number of phenols is 1. The number of rotatable bonds is 7. The molecule has 0 unspecified atom stereocenters. The van der Waals surface area contributed by atoms with Gasteiger partial charge in [-0.1, -0.05) is 6.07 Å². The Kier molecular flexibility index (Phi) is 6.92. The predicted molar refractivity (Wildman–Crippen MR) is 155 cm³/mol. The van der Waals surface area contributed by atoms with Crippen LogP contribution in [-0.2, 0) is 38.4 Å². The van der Waals surface area contributed by atoms with Crippen LogP contribution in [0, 0.1) is 11.8 Å². The van der Waals surface area contributed by atoms with E-state index in [2.05, 4.69) is 0 Å². The molecule has 1 heterocycles. The topological polar surface area (TPSA) is 197 Å². The SMILES string of the molecule is CN(C)c1cc(CCC(=O)Cc2ccc3c(c2)OCO3)c(O)c2c1C[C@H]1C[C@H]3CC(=O)C(C(N)=O)=C(O)[C@@]3(O)C(=O)C1=C2O. The fraction of sp³-hybridized carbons (Fsp3) is 0.375. The molecule has 3 atom stereocenters. The number of hydrogen-bond acceptors (Lipinski definition) is 11. The number of fused-ring (bicyclic) bond motifs is 4. The Morgan fingerprint density at radius 2 is 1.80 bits per heavy atom. The number of phenolic OH excluding ortho intramolecular Hbond substituents is 1. The number of aromatic hydroxyl groups is 1. The lowest BCUT2D eigenvalue weighted by molar-refractivity contribution is -0.147. The highest BCUT2D eigenvalue weighted by atomic mass is 16.7. The molecule has 2 aromatic carbocycles. The van der Waals surface area contributed by atoms with Crippen LogP contribution >= 0.6 is 0 Å². The second-order valence-corrected chi connectivity index (χ2v) is 12.0. The van der Waals surface area contributed by atoms with E-state index >= 15 is 0 Å². The number of amides is 1. The molecule has 0 spiro atoms. The average molecular weight is 605 g/mol. The van der Waals surface area contributed by atoms with Gasteiger partial charge in [-0.3, -0.25) is 19.2 Å². The monoisotopic (exact) mass is 604 g/mol. The lowest BCUT2D eigenvalue weighted by Gasteiger charge is -2.46. The van der Waals surface area contributed by atoms with Crippen molar-refractivity contribution in [1.82, 2.24) is 0 Å². The van der Waals surface area contributed by atoms with Crippen LogP contribution in [0.15, 0.2) is 41.2 Å². The summed E-state index contributed by atoms with van der Waals surface area (Å²) >= 11 is 0. The molecule has 3 aliphatic carbocycles. The second-order valence-electron chi connectivity index (χ2n) is 12.0. The summed E-state index contributed by atoms with van der Waals surface area (Å²) in [5.74, 6) is -5.66. The third-order valence-electron chi connectivity index (χ3n) is 9.11. The molecule has 0 radical (unpaired) electrons. The molecule has 12 nitrogen and oxygen atoms in total. The van der Waals surface area contributed by atoms with E-state index in [0.29, 0.717) is 28.3 Å². The number of ether oxygens (including phenoxy) is 2. The first-order valence-electron chi connectivity index (χ1n) is 14.3. The lowest BCUT2D eigenvalue weighted by Crippen LogP contribution is -2.58. The predicted octanol–water partition coefficient (Wildman–Crippen LogP) is 1.96. The Labute approximate surface area is 252 Å². The van der Waals surface area contributed by atoms with Crippen LogP contribution in [0.5, 0.6) is 17.2 Å². The molecule has 1 aliphatic heterocycles. The summed E-state index contributed by atoms with van der Waals surface area (Å²) in [7, 11) is 3.58. The number of Topliss-reactive ketones (excluding diaryl/α,β-unsaturated/α-hetero) is 3. The van der Waals surface area contributed by atoms with Gasteiger partial charge in [-0.25, -0.2) is 0 Å². The molecule has 4 aliphatic rings. The van der Waals surface area contributed by atoms with Crippen molar-refractivity contribution in [1.29, 1.82) is 0 Å². The van der Waals surface area contributed by atoms with Gasteiger partial charge < -0.3 is 40.5 Å². The summed E-state index contributed by atoms with van der Waals surface area (Å²) in [4.78, 5) is 53.0. The molecule has 6 N–H and O–H groups in total. The highest BCUT2D eigenvalue weighted by molar-refractivity contribution is 6.22. The van der Waals surface area contributed by atoms with Crippen LogP contribution in [0.25, 0.3) is 5.76 Å². The average Bonchev–Trinajstić information content (AvgIpc) is 3.42. The highest BCUT2D eigenvalue weighted by Gasteiger charge is 2.60. The molecular formula is C32H32N2O10. The van der Waals surface area contributed by atoms with E-state index in [1.165, 1.54) is 0 Å². The number of aryl methyl sites for hydroxylation is 1. The molecule has 12 heteroatoms. The zero-order chi connectivity index (χ0) is 31.7. The van der Waals surface area contributed by atoms with Gasteiger partial charge in [0.2, 0.25) is 12.6 Å². The van der Waals surface area contributed by atoms with Gasteiger partial charge >= 0.3 is 0 Å². The first-order valence-corrected chi connectivity index (χ1v) is 14.3. The van der Waals surface area contributed by atoms with Crippen LogP contribution in [0.1, 0.15) is 41.5 Å². The quantitative estimate of drug-likeness (QED) is 0.290. The minimum absolute atomic E-state index is 0.00144. The number of primary amides is 1. The highest BCUT2D eigenvalue weighted by Crippen LogP contribution is 2.53. The molecule has 2 aromatic rings. The van der Waals surface area contributed by atoms with Crippen molar-refractivity contribution < 1.29 is 49.1 Å². The largest absolute Gasteiger partial charge is 0.508 e. The molecule has 6 rings (SSSR count). The van der Waals surface area contributed by atoms with Gasteiger partial charge in [0.1, 0.15) is 28.6 Å². The van der Waals surface area contributed by atoms with E-state index in [-0.39, 0.29) is 68.0 Å². The number of nitrogens with two attached hydrogens (primary N) is 1. The van der Waals surface area contributed by atoms with E-state index in [0.717, 1.165) is 5.56 Å². The lowest BCUT2D eigenvalue weighted by atomic mass is 9.59. The number of aliphatic hydroxyl groups is 3. The Hall–Kier alpha value is -4.84. The fourth-order valence-electron chi connectivity index (χ4n) is 6.95. The maximum atomic E-state index is 13.8. The first-order chi connectivity index (χ1) is 20.8. The maximum absolute atomic E-state index is 13.8. The van der Waals surface area contributed by atoms with E-state index in [4.69, 9.17) is 15.2 Å². The van der Waals surface area contributed by atoms with Crippen molar-refractivity contribution in [2.75, 3.05) is 25.8 Å². The molecule has 1 fully saturated rings. The zero-order valence-electron chi connectivity index (χ0n) is 24.2. The van der Waals surface area contributed by atoms with E-state index < -0.39 is 52.0 Å². The third kappa shape index (κ3) is 4.39. The number of ketones is 3. The maximum Gasteiger partial charge on any atom is 0.255 e. The molecule has 1 saturated carbocycles. The molecule has 1 amide bonds. The van der Waals surface area contributed by atoms with Gasteiger partial charge in [-0.2, -0.15) is 0 Å². The van der Waals surface area contributed by atoms with Crippen molar-refractivity contribution in [3.05, 3.63) is 63.4 Å². The van der Waals surface area contributed by atoms with Gasteiger partial charge in [-0.05, 0) is 60.1 Å². The van der Waals surface area contributed by atoms with Crippen molar-refractivity contribution in [2.24, 2.45) is 17.6 Å². The van der Waals surface area contributed by atoms with Crippen LogP contribution in [-0.4, -0.2) is 70.2 Å². The number of carbonyl (C=O) groups is 4. The number of aliphatic hydroxyl groups excluding tert-OH is 2. The van der Waals surface area contributed by atoms with Crippen molar-refractivity contribution >= 4 is 34.7 Å². The van der Waals surface area contributed by atoms with Crippen LogP contribution < -0.4 is 20.1 Å². The van der Waals surface area contributed by atoms with Crippen molar-refractivity contribution in [3.8, 4) is 17.2 Å². The summed E-state index contributed by atoms with van der Waals surface area (Å²) < 4.78 is 10.7. The second kappa shape index (κ2) is 10.4. The van der Waals surface area contributed by atoms with E-state index in [1.54, 1.807) is 43.3 Å². The van der Waals surface area contributed by atoms with Gasteiger partial charge in [-0.15, -0.1) is 0 Å². The summed E-state index contributed by atoms with van der Waals surface area (Å²) in [5.41, 5.74) is 3.93. The minimum Gasteiger partial charge on any atom is -0.508 e. The van der Waals surface area contributed by atoms with Crippen LogP contribution in [0.2, 0.25) is 0 Å². The Bertz CT molecular complexity index is 1720. The van der Waals surface area contributed by atoms with Gasteiger partial charge in [0.15, 0.2) is 22.9 Å². The molecule has 0 saturated heterocycles. The number of anilines is 1. The molecular weight excluding hydrogens is 572 g/mol. The number of benzene rings is 2. The smallest absolute Gasteiger partial charge is 0.255 e. The first kappa shape index (κ1) is 29.2. The van der Waals surface area contributed by atoms with Crippen LogP contribution in [0.3, 0.4) is 0 Å². The molecule has 0 aromatic heterocycles. The van der Waals surface area contributed by atoms with Gasteiger partial charge in [0, 0.05) is 50.5 Å². The molecule has 0 bridgehead atoms. The van der Waals surface area contributed by atoms with E-state index in [1.807, 2.05) is 0 Å². The van der Waals surface area contributed by atoms with Gasteiger partial charge in [0.25, 0.3) is 5.91 Å². The number of carbonyl (C=O) groups excluding carboxylic acids is 4. The Morgan fingerprint density at radius 3 is 2.50 bits per heavy atom. The Morgan fingerprint density at radius 1 is 1.07 bits per heavy atom.